The predicted octanol–water partition coefficient (Wildman–Crippen LogP) is 1.20. The van der Waals surface area contributed by atoms with Crippen molar-refractivity contribution in [3.8, 4) is 0 Å². The number of imide groups is 1. The molecular formula is C17H14FNO5. The minimum absolute atomic E-state index is 0.0658. The standard InChI is InChI=1S/C17H14FNO5/c1-9(20)23-8-17-7-6-12(24-17)13-14(17)16(22)19(15(13)21)11-5-3-2-4-10(11)18/h2-7,12-14H,8H2,1H3/t12-,13+,14+,17-/m1/s1. The summed E-state index contributed by atoms with van der Waals surface area (Å²) < 4.78 is 24.9. The zero-order chi connectivity index (χ0) is 17.1. The maximum Gasteiger partial charge on any atom is 0.302 e. The first-order chi connectivity index (χ1) is 11.4. The number of carbonyl (C=O) groups excluding carboxylic acids is 3. The molecule has 3 aliphatic rings. The summed E-state index contributed by atoms with van der Waals surface area (Å²) in [7, 11) is 0. The maximum atomic E-state index is 14.1. The lowest BCUT2D eigenvalue weighted by Crippen LogP contribution is -2.44. The lowest BCUT2D eigenvalue weighted by molar-refractivity contribution is -0.150. The van der Waals surface area contributed by atoms with Gasteiger partial charge in [-0.15, -0.1) is 0 Å². The molecule has 3 heterocycles. The molecule has 2 fully saturated rings. The quantitative estimate of drug-likeness (QED) is 0.473. The van der Waals surface area contributed by atoms with Crippen molar-refractivity contribution in [2.24, 2.45) is 11.8 Å². The molecule has 0 spiro atoms. The summed E-state index contributed by atoms with van der Waals surface area (Å²) in [5.41, 5.74) is -1.22. The van der Waals surface area contributed by atoms with Crippen molar-refractivity contribution in [2.75, 3.05) is 11.5 Å². The molecule has 7 heteroatoms. The van der Waals surface area contributed by atoms with Gasteiger partial charge in [-0.3, -0.25) is 14.4 Å². The van der Waals surface area contributed by atoms with E-state index in [1.807, 2.05) is 0 Å². The molecule has 3 aliphatic heterocycles. The van der Waals surface area contributed by atoms with Gasteiger partial charge in [0.1, 0.15) is 18.0 Å². The molecule has 2 saturated heterocycles. The van der Waals surface area contributed by atoms with Crippen LogP contribution in [0.3, 0.4) is 0 Å². The van der Waals surface area contributed by atoms with Crippen LogP contribution < -0.4 is 4.90 Å². The van der Waals surface area contributed by atoms with Crippen LogP contribution in [0, 0.1) is 17.7 Å². The van der Waals surface area contributed by atoms with Crippen LogP contribution in [0.1, 0.15) is 6.92 Å². The van der Waals surface area contributed by atoms with E-state index < -0.39 is 47.1 Å². The molecule has 0 N–H and O–H groups in total. The first kappa shape index (κ1) is 15.0. The Labute approximate surface area is 136 Å². The molecule has 1 aromatic carbocycles. The van der Waals surface area contributed by atoms with E-state index in [4.69, 9.17) is 9.47 Å². The number of nitrogens with zero attached hydrogens (tertiary/aromatic N) is 1. The Bertz CT molecular complexity index is 791. The minimum atomic E-state index is -1.16. The number of halogens is 1. The molecule has 0 radical (unpaired) electrons. The largest absolute Gasteiger partial charge is 0.462 e. The first-order valence-electron chi connectivity index (χ1n) is 7.57. The molecule has 0 aromatic heterocycles. The Morgan fingerprint density at radius 1 is 1.33 bits per heavy atom. The van der Waals surface area contributed by atoms with Crippen LogP contribution in [0.2, 0.25) is 0 Å². The van der Waals surface area contributed by atoms with E-state index in [0.29, 0.717) is 0 Å². The van der Waals surface area contributed by atoms with Crippen molar-refractivity contribution in [3.63, 3.8) is 0 Å². The Morgan fingerprint density at radius 3 is 2.79 bits per heavy atom. The Morgan fingerprint density at radius 2 is 2.08 bits per heavy atom. The highest BCUT2D eigenvalue weighted by Crippen LogP contribution is 2.52. The van der Waals surface area contributed by atoms with Gasteiger partial charge in [-0.25, -0.2) is 9.29 Å². The van der Waals surface area contributed by atoms with Crippen molar-refractivity contribution in [2.45, 2.75) is 18.6 Å². The lowest BCUT2D eigenvalue weighted by atomic mass is 9.77. The van der Waals surface area contributed by atoms with Gasteiger partial charge in [-0.05, 0) is 18.2 Å². The number of benzene rings is 1. The van der Waals surface area contributed by atoms with E-state index in [2.05, 4.69) is 0 Å². The van der Waals surface area contributed by atoms with Crippen LogP contribution in [0.15, 0.2) is 36.4 Å². The van der Waals surface area contributed by atoms with E-state index in [-0.39, 0.29) is 12.3 Å². The van der Waals surface area contributed by atoms with Gasteiger partial charge < -0.3 is 9.47 Å². The normalized spacial score (nSPS) is 33.2. The number of carbonyl (C=O) groups is 3. The first-order valence-corrected chi connectivity index (χ1v) is 7.57. The summed E-state index contributed by atoms with van der Waals surface area (Å²) in [6, 6.07) is 5.63. The Balaban J connectivity index is 1.72. The molecule has 0 aliphatic carbocycles. The number of hydrogen-bond acceptors (Lipinski definition) is 5. The molecule has 4 atom stereocenters. The van der Waals surface area contributed by atoms with E-state index in [9.17, 15) is 18.8 Å². The summed E-state index contributed by atoms with van der Waals surface area (Å²) in [6.45, 7) is 1.10. The number of amides is 2. The molecule has 124 valence electrons. The number of esters is 1. The summed E-state index contributed by atoms with van der Waals surface area (Å²) in [5, 5.41) is 0. The zero-order valence-electron chi connectivity index (χ0n) is 12.8. The average Bonchev–Trinajstić information content (AvgIpc) is 3.18. The molecule has 2 amide bonds. The topological polar surface area (TPSA) is 72.9 Å². The van der Waals surface area contributed by atoms with Crippen LogP contribution in [0.25, 0.3) is 0 Å². The highest BCUT2D eigenvalue weighted by Gasteiger charge is 2.68. The molecule has 4 rings (SSSR count). The second kappa shape index (κ2) is 4.98. The van der Waals surface area contributed by atoms with Crippen LogP contribution >= 0.6 is 0 Å². The molecule has 2 bridgehead atoms. The van der Waals surface area contributed by atoms with Gasteiger partial charge in [-0.2, -0.15) is 0 Å². The fraction of sp³-hybridized carbons (Fsp3) is 0.353. The molecular weight excluding hydrogens is 317 g/mol. The van der Waals surface area contributed by atoms with Crippen molar-refractivity contribution in [3.05, 3.63) is 42.2 Å². The van der Waals surface area contributed by atoms with Crippen molar-refractivity contribution in [1.29, 1.82) is 0 Å². The maximum absolute atomic E-state index is 14.1. The molecule has 6 nitrogen and oxygen atoms in total. The number of rotatable bonds is 3. The van der Waals surface area contributed by atoms with Crippen LogP contribution in [0.4, 0.5) is 10.1 Å². The Kier molecular flexibility index (Phi) is 3.11. The number of hydrogen-bond donors (Lipinski definition) is 0. The fourth-order valence-electron chi connectivity index (χ4n) is 3.75. The smallest absolute Gasteiger partial charge is 0.302 e. The monoisotopic (exact) mass is 331 g/mol. The SMILES string of the molecule is CC(=O)OC[C@@]12C=C[C@@H](O1)[C@@H]1C(=O)N(c3ccccc3F)C(=O)[C@H]12. The van der Waals surface area contributed by atoms with Gasteiger partial charge in [0.25, 0.3) is 0 Å². The highest BCUT2D eigenvalue weighted by atomic mass is 19.1. The third kappa shape index (κ3) is 1.88. The van der Waals surface area contributed by atoms with Gasteiger partial charge in [0.15, 0.2) is 0 Å². The van der Waals surface area contributed by atoms with Crippen LogP contribution in [-0.2, 0) is 23.9 Å². The average molecular weight is 331 g/mol. The van der Waals surface area contributed by atoms with E-state index in [1.54, 1.807) is 18.2 Å². The van der Waals surface area contributed by atoms with E-state index in [1.165, 1.54) is 25.1 Å². The van der Waals surface area contributed by atoms with E-state index in [0.717, 1.165) is 4.90 Å². The molecule has 0 unspecified atom stereocenters. The fourth-order valence-corrected chi connectivity index (χ4v) is 3.75. The molecule has 0 saturated carbocycles. The van der Waals surface area contributed by atoms with Crippen LogP contribution in [-0.4, -0.2) is 36.1 Å². The summed E-state index contributed by atoms with van der Waals surface area (Å²) >= 11 is 0. The predicted molar refractivity (Wildman–Crippen MR) is 79.3 cm³/mol. The summed E-state index contributed by atoms with van der Waals surface area (Å²) in [5.74, 6) is -3.72. The third-order valence-electron chi connectivity index (χ3n) is 4.75. The van der Waals surface area contributed by atoms with Gasteiger partial charge >= 0.3 is 5.97 Å². The van der Waals surface area contributed by atoms with Gasteiger partial charge in [0.2, 0.25) is 11.8 Å². The van der Waals surface area contributed by atoms with Crippen molar-refractivity contribution < 1.29 is 28.2 Å². The highest BCUT2D eigenvalue weighted by molar-refractivity contribution is 6.23. The summed E-state index contributed by atoms with van der Waals surface area (Å²) in [6.07, 6.45) is 2.79. The lowest BCUT2D eigenvalue weighted by Gasteiger charge is -2.28. The van der Waals surface area contributed by atoms with Gasteiger partial charge in [0.05, 0.1) is 23.6 Å². The number of anilines is 1. The Hall–Kier alpha value is -2.54. The minimum Gasteiger partial charge on any atom is -0.462 e. The number of ether oxygens (including phenoxy) is 2. The van der Waals surface area contributed by atoms with E-state index >= 15 is 0 Å². The molecule has 1 aromatic rings. The third-order valence-corrected chi connectivity index (χ3v) is 4.75. The van der Waals surface area contributed by atoms with Gasteiger partial charge in [0, 0.05) is 6.92 Å². The van der Waals surface area contributed by atoms with Crippen LogP contribution in [0.5, 0.6) is 0 Å². The second-order valence-corrected chi connectivity index (χ2v) is 6.14. The summed E-state index contributed by atoms with van der Waals surface area (Å²) in [4.78, 5) is 37.6. The van der Waals surface area contributed by atoms with Gasteiger partial charge in [-0.1, -0.05) is 18.2 Å². The zero-order valence-corrected chi connectivity index (χ0v) is 12.8. The van der Waals surface area contributed by atoms with Crippen molar-refractivity contribution in [1.82, 2.24) is 0 Å². The molecule has 24 heavy (non-hydrogen) atoms. The second-order valence-electron chi connectivity index (χ2n) is 6.14. The van der Waals surface area contributed by atoms with Crippen molar-refractivity contribution >= 4 is 23.5 Å². The number of para-hydroxylation sites is 1. The number of fused-ring (bicyclic) bond motifs is 5.